The smallest absolute Gasteiger partial charge is 0.0428 e. The second-order valence-electron chi connectivity index (χ2n) is 5.15. The standard InChI is InChI=1S/C14H19BrN2/c15-11-4-6-12(7-5-11)16-13-8-10-17-9-2-1-3-14(13)17/h4-7,13-14,16H,1-3,8-10H2. The highest BCUT2D eigenvalue weighted by Gasteiger charge is 2.35. The van der Waals surface area contributed by atoms with Crippen molar-refractivity contribution in [2.24, 2.45) is 0 Å². The largest absolute Gasteiger partial charge is 0.381 e. The zero-order chi connectivity index (χ0) is 11.7. The van der Waals surface area contributed by atoms with Crippen LogP contribution in [0.4, 0.5) is 5.69 Å². The molecule has 2 unspecified atom stereocenters. The first-order valence-corrected chi connectivity index (χ1v) is 7.38. The number of anilines is 1. The van der Waals surface area contributed by atoms with Gasteiger partial charge in [0, 0.05) is 28.8 Å². The Morgan fingerprint density at radius 2 is 1.88 bits per heavy atom. The van der Waals surface area contributed by atoms with Crippen molar-refractivity contribution in [2.45, 2.75) is 37.8 Å². The molecule has 3 heteroatoms. The summed E-state index contributed by atoms with van der Waals surface area (Å²) in [4.78, 5) is 2.67. The molecule has 2 aliphatic heterocycles. The average molecular weight is 295 g/mol. The van der Waals surface area contributed by atoms with Crippen LogP contribution in [0.15, 0.2) is 28.7 Å². The number of benzene rings is 1. The lowest BCUT2D eigenvalue weighted by Crippen LogP contribution is -2.41. The Morgan fingerprint density at radius 1 is 1.06 bits per heavy atom. The van der Waals surface area contributed by atoms with Crippen LogP contribution in [-0.2, 0) is 0 Å². The van der Waals surface area contributed by atoms with E-state index in [0.29, 0.717) is 6.04 Å². The quantitative estimate of drug-likeness (QED) is 0.898. The SMILES string of the molecule is Brc1ccc(NC2CCN3CCCCC23)cc1. The Kier molecular flexibility index (Phi) is 3.39. The number of nitrogens with zero attached hydrogens (tertiary/aromatic N) is 1. The van der Waals surface area contributed by atoms with Crippen LogP contribution in [0.3, 0.4) is 0 Å². The molecule has 0 bridgehead atoms. The van der Waals surface area contributed by atoms with Crippen LogP contribution in [0.1, 0.15) is 25.7 Å². The second kappa shape index (κ2) is 4.99. The Morgan fingerprint density at radius 3 is 2.71 bits per heavy atom. The maximum Gasteiger partial charge on any atom is 0.0428 e. The van der Waals surface area contributed by atoms with Crippen molar-refractivity contribution in [2.75, 3.05) is 18.4 Å². The number of hydrogen-bond donors (Lipinski definition) is 1. The van der Waals surface area contributed by atoms with Gasteiger partial charge < -0.3 is 5.32 Å². The van der Waals surface area contributed by atoms with E-state index in [1.54, 1.807) is 0 Å². The van der Waals surface area contributed by atoms with Crippen LogP contribution >= 0.6 is 15.9 Å². The maximum absolute atomic E-state index is 3.70. The van der Waals surface area contributed by atoms with E-state index in [2.05, 4.69) is 50.4 Å². The molecule has 2 nitrogen and oxygen atoms in total. The monoisotopic (exact) mass is 294 g/mol. The minimum atomic E-state index is 0.650. The summed E-state index contributed by atoms with van der Waals surface area (Å²) in [6.45, 7) is 2.59. The third-order valence-electron chi connectivity index (χ3n) is 4.05. The van der Waals surface area contributed by atoms with Crippen molar-refractivity contribution >= 4 is 21.6 Å². The van der Waals surface area contributed by atoms with Gasteiger partial charge in [0.25, 0.3) is 0 Å². The molecule has 0 amide bonds. The summed E-state index contributed by atoms with van der Waals surface area (Å²) < 4.78 is 1.15. The van der Waals surface area contributed by atoms with Gasteiger partial charge in [0.2, 0.25) is 0 Å². The van der Waals surface area contributed by atoms with Gasteiger partial charge in [-0.3, -0.25) is 4.90 Å². The van der Waals surface area contributed by atoms with Crippen molar-refractivity contribution in [3.05, 3.63) is 28.7 Å². The summed E-state index contributed by atoms with van der Waals surface area (Å²) in [7, 11) is 0. The van der Waals surface area contributed by atoms with Crippen LogP contribution in [0.25, 0.3) is 0 Å². The summed E-state index contributed by atoms with van der Waals surface area (Å²) in [5, 5.41) is 3.70. The Hall–Kier alpha value is -0.540. The molecule has 3 rings (SSSR count). The molecule has 92 valence electrons. The molecule has 2 fully saturated rings. The highest BCUT2D eigenvalue weighted by Crippen LogP contribution is 2.29. The number of piperidine rings is 1. The van der Waals surface area contributed by atoms with Gasteiger partial charge in [-0.1, -0.05) is 22.4 Å². The molecule has 2 heterocycles. The molecule has 0 aliphatic carbocycles. The van der Waals surface area contributed by atoms with Gasteiger partial charge >= 0.3 is 0 Å². The molecule has 0 aromatic heterocycles. The van der Waals surface area contributed by atoms with Gasteiger partial charge in [-0.2, -0.15) is 0 Å². The molecule has 0 radical (unpaired) electrons. The molecule has 0 spiro atoms. The van der Waals surface area contributed by atoms with Gasteiger partial charge in [-0.15, -0.1) is 0 Å². The van der Waals surface area contributed by atoms with Crippen LogP contribution < -0.4 is 5.32 Å². The van der Waals surface area contributed by atoms with Crippen molar-refractivity contribution < 1.29 is 0 Å². The number of hydrogen-bond acceptors (Lipinski definition) is 2. The molecule has 0 saturated carbocycles. The first-order chi connectivity index (χ1) is 8.33. The fourth-order valence-electron chi connectivity index (χ4n) is 3.18. The second-order valence-corrected chi connectivity index (χ2v) is 6.06. The lowest BCUT2D eigenvalue weighted by molar-refractivity contribution is 0.193. The minimum Gasteiger partial charge on any atom is -0.381 e. The molecule has 1 N–H and O–H groups in total. The molecular weight excluding hydrogens is 276 g/mol. The predicted molar refractivity (Wildman–Crippen MR) is 75.4 cm³/mol. The number of rotatable bonds is 2. The van der Waals surface area contributed by atoms with E-state index in [0.717, 1.165) is 10.5 Å². The maximum atomic E-state index is 3.70. The highest BCUT2D eigenvalue weighted by atomic mass is 79.9. The summed E-state index contributed by atoms with van der Waals surface area (Å²) in [5.74, 6) is 0. The van der Waals surface area contributed by atoms with Gasteiger partial charge in [-0.05, 0) is 50.1 Å². The molecule has 17 heavy (non-hydrogen) atoms. The Labute approximate surface area is 112 Å². The van der Waals surface area contributed by atoms with Crippen molar-refractivity contribution in [3.63, 3.8) is 0 Å². The summed E-state index contributed by atoms with van der Waals surface area (Å²) >= 11 is 3.48. The molecular formula is C14H19BrN2. The minimum absolute atomic E-state index is 0.650. The lowest BCUT2D eigenvalue weighted by atomic mass is 9.99. The summed E-state index contributed by atoms with van der Waals surface area (Å²) in [6.07, 6.45) is 5.45. The van der Waals surface area contributed by atoms with E-state index < -0.39 is 0 Å². The fraction of sp³-hybridized carbons (Fsp3) is 0.571. The normalized spacial score (nSPS) is 29.0. The topological polar surface area (TPSA) is 15.3 Å². The third-order valence-corrected chi connectivity index (χ3v) is 4.58. The lowest BCUT2D eigenvalue weighted by Gasteiger charge is -2.33. The highest BCUT2D eigenvalue weighted by molar-refractivity contribution is 9.10. The first kappa shape index (κ1) is 11.5. The van der Waals surface area contributed by atoms with E-state index in [1.165, 1.54) is 44.5 Å². The zero-order valence-corrected chi connectivity index (χ0v) is 11.6. The molecule has 2 aliphatic rings. The molecule has 1 aromatic rings. The summed E-state index contributed by atoms with van der Waals surface area (Å²) in [6, 6.07) is 9.96. The van der Waals surface area contributed by atoms with E-state index in [-0.39, 0.29) is 0 Å². The summed E-state index contributed by atoms with van der Waals surface area (Å²) in [5.41, 5.74) is 1.26. The van der Waals surface area contributed by atoms with Crippen molar-refractivity contribution in [1.29, 1.82) is 0 Å². The van der Waals surface area contributed by atoms with E-state index in [9.17, 15) is 0 Å². The number of fused-ring (bicyclic) bond motifs is 1. The van der Waals surface area contributed by atoms with Gasteiger partial charge in [-0.25, -0.2) is 0 Å². The van der Waals surface area contributed by atoms with Gasteiger partial charge in [0.15, 0.2) is 0 Å². The predicted octanol–water partition coefficient (Wildman–Crippen LogP) is 3.49. The van der Waals surface area contributed by atoms with Crippen molar-refractivity contribution in [1.82, 2.24) is 4.90 Å². The number of halogens is 1. The number of nitrogens with one attached hydrogen (secondary N) is 1. The Balaban J connectivity index is 1.67. The zero-order valence-electron chi connectivity index (χ0n) is 10.0. The third kappa shape index (κ3) is 2.50. The van der Waals surface area contributed by atoms with Crippen LogP contribution in [0, 0.1) is 0 Å². The van der Waals surface area contributed by atoms with Crippen molar-refractivity contribution in [3.8, 4) is 0 Å². The Bertz CT molecular complexity index is 376. The van der Waals surface area contributed by atoms with Crippen LogP contribution in [-0.4, -0.2) is 30.1 Å². The van der Waals surface area contributed by atoms with Gasteiger partial charge in [0.05, 0.1) is 0 Å². The van der Waals surface area contributed by atoms with E-state index >= 15 is 0 Å². The fourth-order valence-corrected chi connectivity index (χ4v) is 3.44. The van der Waals surface area contributed by atoms with E-state index in [4.69, 9.17) is 0 Å². The van der Waals surface area contributed by atoms with Crippen LogP contribution in [0.5, 0.6) is 0 Å². The first-order valence-electron chi connectivity index (χ1n) is 6.59. The molecule has 2 saturated heterocycles. The van der Waals surface area contributed by atoms with Crippen LogP contribution in [0.2, 0.25) is 0 Å². The van der Waals surface area contributed by atoms with E-state index in [1.807, 2.05) is 0 Å². The molecule has 1 aromatic carbocycles. The van der Waals surface area contributed by atoms with Gasteiger partial charge in [0.1, 0.15) is 0 Å². The molecule has 2 atom stereocenters. The average Bonchev–Trinajstić information content (AvgIpc) is 2.76.